The van der Waals surface area contributed by atoms with Crippen molar-refractivity contribution in [1.29, 1.82) is 0 Å². The van der Waals surface area contributed by atoms with Crippen molar-refractivity contribution in [2.24, 2.45) is 5.92 Å². The number of halogens is 4. The number of pyridine rings is 1. The molecule has 9 heteroatoms. The minimum absolute atomic E-state index is 0.0337. The van der Waals surface area contributed by atoms with Crippen molar-refractivity contribution in [3.8, 4) is 5.75 Å². The van der Waals surface area contributed by atoms with Gasteiger partial charge in [0.25, 0.3) is 0 Å². The highest BCUT2D eigenvalue weighted by molar-refractivity contribution is 6.33. The second kappa shape index (κ2) is 9.77. The topological polar surface area (TPSA) is 54.5 Å². The lowest BCUT2D eigenvalue weighted by Crippen LogP contribution is -2.40. The molecular weight excluding hydrogens is 431 g/mol. The lowest BCUT2D eigenvalue weighted by Gasteiger charge is -2.32. The zero-order valence-electron chi connectivity index (χ0n) is 17.4. The number of amides is 1. The van der Waals surface area contributed by atoms with Crippen LogP contribution < -0.4 is 15.0 Å². The van der Waals surface area contributed by atoms with Crippen LogP contribution in [-0.4, -0.2) is 30.1 Å². The molecule has 2 heterocycles. The second-order valence-electron chi connectivity index (χ2n) is 7.82. The Labute approximate surface area is 184 Å². The average molecular weight is 456 g/mol. The number of ether oxygens (including phenoxy) is 1. The van der Waals surface area contributed by atoms with Crippen LogP contribution in [0.2, 0.25) is 5.02 Å². The van der Waals surface area contributed by atoms with Gasteiger partial charge in [-0.05, 0) is 50.5 Å². The van der Waals surface area contributed by atoms with Gasteiger partial charge in [-0.1, -0.05) is 23.7 Å². The van der Waals surface area contributed by atoms with E-state index < -0.39 is 11.7 Å². The smallest absolute Gasteiger partial charge is 0.417 e. The van der Waals surface area contributed by atoms with Crippen molar-refractivity contribution < 1.29 is 22.7 Å². The van der Waals surface area contributed by atoms with Crippen LogP contribution in [0.15, 0.2) is 36.5 Å². The lowest BCUT2D eigenvalue weighted by molar-refractivity contribution is -0.137. The van der Waals surface area contributed by atoms with Crippen molar-refractivity contribution in [2.75, 3.05) is 18.0 Å². The van der Waals surface area contributed by atoms with Crippen LogP contribution in [0.3, 0.4) is 0 Å². The van der Waals surface area contributed by atoms with Gasteiger partial charge in [0.15, 0.2) is 0 Å². The first-order valence-electron chi connectivity index (χ1n) is 10.1. The van der Waals surface area contributed by atoms with Gasteiger partial charge >= 0.3 is 6.18 Å². The highest BCUT2D eigenvalue weighted by atomic mass is 35.5. The molecule has 0 bridgehead atoms. The van der Waals surface area contributed by atoms with Gasteiger partial charge in [0, 0.05) is 31.7 Å². The normalized spacial score (nSPS) is 15.3. The molecule has 0 atom stereocenters. The Balaban J connectivity index is 1.50. The van der Waals surface area contributed by atoms with Crippen molar-refractivity contribution in [3.05, 3.63) is 52.7 Å². The number of hydrogen-bond donors (Lipinski definition) is 1. The predicted octanol–water partition coefficient (Wildman–Crippen LogP) is 5.07. The Bertz CT molecular complexity index is 896. The first kappa shape index (κ1) is 23.2. The largest absolute Gasteiger partial charge is 0.491 e. The zero-order chi connectivity index (χ0) is 22.6. The molecule has 168 valence electrons. The molecule has 1 aliphatic rings. The molecule has 0 aliphatic carbocycles. The fourth-order valence-corrected chi connectivity index (χ4v) is 3.75. The molecule has 5 nitrogen and oxygen atoms in total. The summed E-state index contributed by atoms with van der Waals surface area (Å²) in [5.74, 6) is 0.909. The Morgan fingerprint density at radius 3 is 2.45 bits per heavy atom. The number of aromatic nitrogens is 1. The first-order valence-corrected chi connectivity index (χ1v) is 10.5. The lowest BCUT2D eigenvalue weighted by atomic mass is 9.95. The van der Waals surface area contributed by atoms with Crippen LogP contribution in [0.1, 0.15) is 37.8 Å². The third kappa shape index (κ3) is 6.26. The van der Waals surface area contributed by atoms with Crippen molar-refractivity contribution >= 4 is 23.3 Å². The summed E-state index contributed by atoms with van der Waals surface area (Å²) < 4.78 is 44.0. The van der Waals surface area contributed by atoms with E-state index in [1.807, 2.05) is 43.0 Å². The Kier molecular flexibility index (Phi) is 7.30. The van der Waals surface area contributed by atoms with E-state index in [9.17, 15) is 18.0 Å². The van der Waals surface area contributed by atoms with E-state index in [0.29, 0.717) is 38.3 Å². The average Bonchev–Trinajstić information content (AvgIpc) is 2.72. The molecule has 0 spiro atoms. The number of benzene rings is 1. The molecule has 0 unspecified atom stereocenters. The summed E-state index contributed by atoms with van der Waals surface area (Å²) in [5.41, 5.74) is 0.0990. The van der Waals surface area contributed by atoms with E-state index in [1.165, 1.54) is 0 Å². The molecule has 1 amide bonds. The first-order chi connectivity index (χ1) is 14.6. The Hall–Kier alpha value is -2.48. The number of carbonyl (C=O) groups excluding carboxylic acids is 1. The third-order valence-electron chi connectivity index (χ3n) is 5.08. The van der Waals surface area contributed by atoms with Gasteiger partial charge in [-0.3, -0.25) is 4.79 Å². The molecule has 1 aromatic carbocycles. The predicted molar refractivity (Wildman–Crippen MR) is 113 cm³/mol. The van der Waals surface area contributed by atoms with Crippen LogP contribution in [0, 0.1) is 5.92 Å². The standard InChI is InChI=1S/C22H25ClF3N3O2/c1-14(2)31-18-5-3-15(4-6-18)12-28-21(30)16-7-9-29(10-8-16)20-19(23)11-17(13-27-20)22(24,25)26/h3-6,11,13-14,16H,7-10,12H2,1-2H3,(H,28,30). The fourth-order valence-electron chi connectivity index (χ4n) is 3.46. The third-order valence-corrected chi connectivity index (χ3v) is 5.35. The van der Waals surface area contributed by atoms with E-state index in [0.717, 1.165) is 23.6 Å². The number of hydrogen-bond acceptors (Lipinski definition) is 4. The van der Waals surface area contributed by atoms with Gasteiger partial charge in [-0.2, -0.15) is 13.2 Å². The highest BCUT2D eigenvalue weighted by Gasteiger charge is 2.33. The number of rotatable bonds is 6. The van der Waals surface area contributed by atoms with E-state index in [1.54, 1.807) is 0 Å². The molecule has 1 aliphatic heterocycles. The number of alkyl halides is 3. The number of carbonyl (C=O) groups is 1. The maximum atomic E-state index is 12.8. The zero-order valence-corrected chi connectivity index (χ0v) is 18.1. The fraction of sp³-hybridized carbons (Fsp3) is 0.455. The van der Waals surface area contributed by atoms with Gasteiger partial charge < -0.3 is 15.0 Å². The Morgan fingerprint density at radius 1 is 1.26 bits per heavy atom. The summed E-state index contributed by atoms with van der Waals surface area (Å²) in [4.78, 5) is 18.2. The molecule has 0 radical (unpaired) electrons. The minimum Gasteiger partial charge on any atom is -0.491 e. The van der Waals surface area contributed by atoms with Crippen molar-refractivity contribution in [1.82, 2.24) is 10.3 Å². The van der Waals surface area contributed by atoms with Gasteiger partial charge in [0.1, 0.15) is 11.6 Å². The summed E-state index contributed by atoms with van der Waals surface area (Å²) in [6.07, 6.45) is -2.44. The van der Waals surface area contributed by atoms with Crippen molar-refractivity contribution in [2.45, 2.75) is 45.5 Å². The number of anilines is 1. The van der Waals surface area contributed by atoms with Gasteiger partial charge in [-0.15, -0.1) is 0 Å². The number of nitrogens with one attached hydrogen (secondary N) is 1. The summed E-state index contributed by atoms with van der Waals surface area (Å²) in [7, 11) is 0. The molecule has 31 heavy (non-hydrogen) atoms. The summed E-state index contributed by atoms with van der Waals surface area (Å²) in [6.45, 7) is 5.34. The Morgan fingerprint density at radius 2 is 1.90 bits per heavy atom. The van der Waals surface area contributed by atoms with Crippen LogP contribution in [0.5, 0.6) is 5.75 Å². The minimum atomic E-state index is -4.48. The molecule has 0 saturated carbocycles. The maximum absolute atomic E-state index is 12.8. The highest BCUT2D eigenvalue weighted by Crippen LogP contribution is 2.34. The molecule has 2 aromatic rings. The number of nitrogens with zero attached hydrogens (tertiary/aromatic N) is 2. The monoisotopic (exact) mass is 455 g/mol. The van der Waals surface area contributed by atoms with Crippen LogP contribution in [0.25, 0.3) is 0 Å². The molecule has 1 saturated heterocycles. The van der Waals surface area contributed by atoms with E-state index in [2.05, 4.69) is 10.3 Å². The molecule has 1 N–H and O–H groups in total. The second-order valence-corrected chi connectivity index (χ2v) is 8.22. The van der Waals surface area contributed by atoms with E-state index in [4.69, 9.17) is 16.3 Å². The van der Waals surface area contributed by atoms with Crippen LogP contribution >= 0.6 is 11.6 Å². The quantitative estimate of drug-likeness (QED) is 0.660. The summed E-state index contributed by atoms with van der Waals surface area (Å²) >= 11 is 6.03. The van der Waals surface area contributed by atoms with Crippen molar-refractivity contribution in [3.63, 3.8) is 0 Å². The van der Waals surface area contributed by atoms with E-state index >= 15 is 0 Å². The number of piperidine rings is 1. The maximum Gasteiger partial charge on any atom is 0.417 e. The molecule has 1 fully saturated rings. The van der Waals surface area contributed by atoms with Gasteiger partial charge in [-0.25, -0.2) is 4.98 Å². The molecule has 1 aromatic heterocycles. The summed E-state index contributed by atoms with van der Waals surface area (Å²) in [6, 6.07) is 8.47. The SMILES string of the molecule is CC(C)Oc1ccc(CNC(=O)C2CCN(c3ncc(C(F)(F)F)cc3Cl)CC2)cc1. The molecular formula is C22H25ClF3N3O2. The van der Waals surface area contributed by atoms with Crippen LogP contribution in [-0.2, 0) is 17.5 Å². The van der Waals surface area contributed by atoms with Crippen LogP contribution in [0.4, 0.5) is 19.0 Å². The van der Waals surface area contributed by atoms with Gasteiger partial charge in [0.2, 0.25) is 5.91 Å². The van der Waals surface area contributed by atoms with Gasteiger partial charge in [0.05, 0.1) is 16.7 Å². The molecule has 3 rings (SSSR count). The summed E-state index contributed by atoms with van der Waals surface area (Å²) in [5, 5.41) is 2.91. The van der Waals surface area contributed by atoms with E-state index in [-0.39, 0.29) is 23.0 Å².